The number of aryl methyl sites for hydroxylation is 2. The lowest BCUT2D eigenvalue weighted by Crippen LogP contribution is -2.34. The van der Waals surface area contributed by atoms with Gasteiger partial charge >= 0.3 is 0 Å². The zero-order chi connectivity index (χ0) is 24.8. The summed E-state index contributed by atoms with van der Waals surface area (Å²) in [6, 6.07) is 24.7. The molecule has 0 unspecified atom stereocenters. The number of benzene rings is 3. The Morgan fingerprint density at radius 2 is 1.74 bits per heavy atom. The molecule has 0 fully saturated rings. The molecule has 6 nitrogen and oxygen atoms in total. The van der Waals surface area contributed by atoms with Crippen molar-refractivity contribution in [2.24, 2.45) is 0 Å². The summed E-state index contributed by atoms with van der Waals surface area (Å²) in [5.74, 6) is 1.08. The highest BCUT2D eigenvalue weighted by molar-refractivity contribution is 6.33. The summed E-state index contributed by atoms with van der Waals surface area (Å²) in [4.78, 5) is 15.2. The van der Waals surface area contributed by atoms with Crippen molar-refractivity contribution < 1.29 is 14.3 Å². The van der Waals surface area contributed by atoms with Gasteiger partial charge in [0, 0.05) is 13.7 Å². The number of amides is 1. The zero-order valence-corrected chi connectivity index (χ0v) is 20.8. The van der Waals surface area contributed by atoms with Crippen molar-refractivity contribution in [3.05, 3.63) is 106 Å². The summed E-state index contributed by atoms with van der Waals surface area (Å²) in [5.41, 5.74) is 3.98. The van der Waals surface area contributed by atoms with E-state index in [0.717, 1.165) is 22.5 Å². The van der Waals surface area contributed by atoms with Crippen molar-refractivity contribution in [2.75, 3.05) is 20.3 Å². The van der Waals surface area contributed by atoms with Gasteiger partial charge in [0.15, 0.2) is 0 Å². The number of aromatic nitrogens is 2. The normalized spacial score (nSPS) is 10.9. The third kappa shape index (κ3) is 5.73. The van der Waals surface area contributed by atoms with Crippen molar-refractivity contribution in [3.63, 3.8) is 0 Å². The maximum Gasteiger partial charge on any atom is 0.255 e. The lowest BCUT2D eigenvalue weighted by molar-refractivity contribution is 0.0679. The van der Waals surface area contributed by atoms with Crippen molar-refractivity contribution in [1.29, 1.82) is 0 Å². The second-order valence-corrected chi connectivity index (χ2v) is 8.64. The smallest absolute Gasteiger partial charge is 0.255 e. The summed E-state index contributed by atoms with van der Waals surface area (Å²) < 4.78 is 13.5. The Morgan fingerprint density at radius 1 is 1.00 bits per heavy atom. The Balaban J connectivity index is 1.77. The molecule has 0 radical (unpaired) electrons. The molecule has 1 heterocycles. The van der Waals surface area contributed by atoms with Crippen LogP contribution < -0.4 is 4.74 Å². The van der Waals surface area contributed by atoms with E-state index in [1.807, 2.05) is 68.4 Å². The highest BCUT2D eigenvalue weighted by Gasteiger charge is 2.25. The molecule has 0 N–H and O–H groups in total. The molecule has 180 valence electrons. The van der Waals surface area contributed by atoms with E-state index >= 15 is 0 Å². The summed E-state index contributed by atoms with van der Waals surface area (Å²) in [6.45, 7) is 5.00. The van der Waals surface area contributed by atoms with Crippen LogP contribution in [0.2, 0.25) is 5.02 Å². The number of ether oxygens (including phenoxy) is 2. The van der Waals surface area contributed by atoms with Gasteiger partial charge in [0.05, 0.1) is 40.7 Å². The Labute approximate surface area is 210 Å². The number of hydrogen-bond acceptors (Lipinski definition) is 4. The number of methoxy groups -OCH3 is 1. The number of carbonyl (C=O) groups excluding carboxylic acids is 1. The van der Waals surface area contributed by atoms with Crippen LogP contribution in [0, 0.1) is 13.8 Å². The molecule has 0 spiro atoms. The Bertz CT molecular complexity index is 1300. The maximum absolute atomic E-state index is 13.5. The molecule has 0 aliphatic rings. The van der Waals surface area contributed by atoms with Crippen LogP contribution in [-0.4, -0.2) is 40.8 Å². The van der Waals surface area contributed by atoms with Crippen LogP contribution in [0.3, 0.4) is 0 Å². The molecule has 0 aliphatic heterocycles. The van der Waals surface area contributed by atoms with Crippen molar-refractivity contribution in [2.45, 2.75) is 20.4 Å². The minimum Gasteiger partial charge on any atom is -0.439 e. The topological polar surface area (TPSA) is 56.6 Å². The largest absolute Gasteiger partial charge is 0.439 e. The van der Waals surface area contributed by atoms with Gasteiger partial charge in [0.2, 0.25) is 5.88 Å². The average molecular weight is 490 g/mol. The first kappa shape index (κ1) is 24.5. The SMILES string of the molecule is COCCN(Cc1c(C)nn(-c2ccccc2)c1Oc1cccc(C)c1)C(=O)c1ccccc1Cl. The van der Waals surface area contributed by atoms with Gasteiger partial charge in [-0.15, -0.1) is 0 Å². The van der Waals surface area contributed by atoms with Gasteiger partial charge in [-0.2, -0.15) is 5.10 Å². The third-order valence-electron chi connectivity index (χ3n) is 5.65. The van der Waals surface area contributed by atoms with Crippen LogP contribution in [0.5, 0.6) is 11.6 Å². The molecule has 35 heavy (non-hydrogen) atoms. The van der Waals surface area contributed by atoms with E-state index in [1.54, 1.807) is 41.0 Å². The van der Waals surface area contributed by atoms with E-state index in [-0.39, 0.29) is 12.5 Å². The van der Waals surface area contributed by atoms with Gasteiger partial charge in [-0.1, -0.05) is 54.1 Å². The molecule has 0 bridgehead atoms. The number of hydrogen-bond donors (Lipinski definition) is 0. The quantitative estimate of drug-likeness (QED) is 0.280. The molecule has 0 atom stereocenters. The van der Waals surface area contributed by atoms with E-state index in [4.69, 9.17) is 26.2 Å². The highest BCUT2D eigenvalue weighted by atomic mass is 35.5. The van der Waals surface area contributed by atoms with Crippen LogP contribution >= 0.6 is 11.6 Å². The number of para-hydroxylation sites is 1. The molecule has 0 saturated carbocycles. The molecule has 1 aromatic heterocycles. The van der Waals surface area contributed by atoms with E-state index in [0.29, 0.717) is 35.4 Å². The van der Waals surface area contributed by atoms with Crippen LogP contribution in [0.4, 0.5) is 0 Å². The van der Waals surface area contributed by atoms with E-state index < -0.39 is 0 Å². The van der Waals surface area contributed by atoms with Gasteiger partial charge in [-0.05, 0) is 55.8 Å². The van der Waals surface area contributed by atoms with Gasteiger partial charge in [-0.3, -0.25) is 4.79 Å². The van der Waals surface area contributed by atoms with Crippen molar-refractivity contribution in [3.8, 4) is 17.3 Å². The maximum atomic E-state index is 13.5. The number of carbonyl (C=O) groups is 1. The molecule has 3 aromatic carbocycles. The molecule has 4 aromatic rings. The summed E-state index contributed by atoms with van der Waals surface area (Å²) in [7, 11) is 1.61. The van der Waals surface area contributed by atoms with Gasteiger partial charge in [-0.25, -0.2) is 4.68 Å². The van der Waals surface area contributed by atoms with Crippen LogP contribution in [0.25, 0.3) is 5.69 Å². The van der Waals surface area contributed by atoms with Crippen molar-refractivity contribution >= 4 is 17.5 Å². The third-order valence-corrected chi connectivity index (χ3v) is 5.98. The lowest BCUT2D eigenvalue weighted by atomic mass is 10.1. The predicted molar refractivity (Wildman–Crippen MR) is 138 cm³/mol. The first-order valence-corrected chi connectivity index (χ1v) is 11.8. The Morgan fingerprint density at radius 3 is 2.46 bits per heavy atom. The number of rotatable bonds is 9. The Kier molecular flexibility index (Phi) is 7.85. The number of halogens is 1. The van der Waals surface area contributed by atoms with Crippen LogP contribution in [-0.2, 0) is 11.3 Å². The van der Waals surface area contributed by atoms with Gasteiger partial charge in [0.1, 0.15) is 5.75 Å². The number of nitrogens with zero attached hydrogens (tertiary/aromatic N) is 3. The lowest BCUT2D eigenvalue weighted by Gasteiger charge is -2.23. The minimum atomic E-state index is -0.180. The fourth-order valence-corrected chi connectivity index (χ4v) is 4.03. The van der Waals surface area contributed by atoms with E-state index in [9.17, 15) is 4.79 Å². The molecule has 1 amide bonds. The second-order valence-electron chi connectivity index (χ2n) is 8.23. The van der Waals surface area contributed by atoms with Crippen LogP contribution in [0.15, 0.2) is 78.9 Å². The average Bonchev–Trinajstić information content (AvgIpc) is 3.16. The van der Waals surface area contributed by atoms with Gasteiger partial charge < -0.3 is 14.4 Å². The minimum absolute atomic E-state index is 0.180. The van der Waals surface area contributed by atoms with Crippen molar-refractivity contribution in [1.82, 2.24) is 14.7 Å². The first-order chi connectivity index (χ1) is 17.0. The fourth-order valence-electron chi connectivity index (χ4n) is 3.81. The first-order valence-electron chi connectivity index (χ1n) is 11.4. The molecule has 0 aliphatic carbocycles. The molecule has 7 heteroatoms. The summed E-state index contributed by atoms with van der Waals surface area (Å²) in [6.07, 6.45) is 0. The second kappa shape index (κ2) is 11.2. The van der Waals surface area contributed by atoms with E-state index in [1.165, 1.54) is 0 Å². The molecular weight excluding hydrogens is 462 g/mol. The summed E-state index contributed by atoms with van der Waals surface area (Å²) in [5, 5.41) is 5.19. The molecule has 4 rings (SSSR count). The monoisotopic (exact) mass is 489 g/mol. The fraction of sp³-hybridized carbons (Fsp3) is 0.214. The standard InChI is InChI=1S/C28H28ClN3O3/c1-20-10-9-13-23(18-20)35-28-25(21(2)30-32(28)22-11-5-4-6-12-22)19-31(16-17-34-3)27(33)24-14-7-8-15-26(24)29/h4-15,18H,16-17,19H2,1-3H3. The molecule has 0 saturated heterocycles. The predicted octanol–water partition coefficient (Wildman–Crippen LogP) is 6.22. The van der Waals surface area contributed by atoms with E-state index in [2.05, 4.69) is 0 Å². The molecular formula is C28H28ClN3O3. The Hall–Kier alpha value is -3.61. The summed E-state index contributed by atoms with van der Waals surface area (Å²) >= 11 is 6.35. The zero-order valence-electron chi connectivity index (χ0n) is 20.1. The van der Waals surface area contributed by atoms with Crippen LogP contribution in [0.1, 0.15) is 27.2 Å². The highest BCUT2D eigenvalue weighted by Crippen LogP contribution is 2.32. The van der Waals surface area contributed by atoms with Gasteiger partial charge in [0.25, 0.3) is 5.91 Å².